The fraction of sp³-hybridized carbons (Fsp3) is 0.571. The van der Waals surface area contributed by atoms with Crippen molar-refractivity contribution < 1.29 is 4.74 Å². The van der Waals surface area contributed by atoms with Gasteiger partial charge in [0.25, 0.3) is 0 Å². The molecular formula is C14H21ClN2O. The van der Waals surface area contributed by atoms with Gasteiger partial charge in [-0.05, 0) is 44.0 Å². The first kappa shape index (κ1) is 13.7. The third kappa shape index (κ3) is 3.16. The molecule has 2 atom stereocenters. The number of hydrogen-bond acceptors (Lipinski definition) is 3. The molecule has 1 fully saturated rings. The van der Waals surface area contributed by atoms with E-state index in [2.05, 4.69) is 11.8 Å². The Balaban J connectivity index is 2.04. The molecule has 0 bridgehead atoms. The second kappa shape index (κ2) is 5.91. The monoisotopic (exact) mass is 268 g/mol. The molecule has 0 radical (unpaired) electrons. The van der Waals surface area contributed by atoms with Crippen molar-refractivity contribution in [3.05, 3.63) is 28.8 Å². The molecule has 3 nitrogen and oxygen atoms in total. The molecule has 0 aliphatic carbocycles. The summed E-state index contributed by atoms with van der Waals surface area (Å²) >= 11 is 6.04. The van der Waals surface area contributed by atoms with Crippen molar-refractivity contribution >= 4 is 11.6 Å². The maximum atomic E-state index is 6.04. The number of rotatable bonds is 4. The molecule has 2 rings (SSSR count). The maximum absolute atomic E-state index is 6.04. The molecule has 0 spiro atoms. The summed E-state index contributed by atoms with van der Waals surface area (Å²) in [4.78, 5) is 2.42. The Morgan fingerprint density at radius 3 is 2.94 bits per heavy atom. The van der Waals surface area contributed by atoms with Gasteiger partial charge >= 0.3 is 0 Å². The minimum Gasteiger partial charge on any atom is -0.496 e. The van der Waals surface area contributed by atoms with Crippen LogP contribution in [0.1, 0.15) is 18.9 Å². The minimum absolute atomic E-state index is 0.274. The van der Waals surface area contributed by atoms with Crippen molar-refractivity contribution in [1.29, 1.82) is 0 Å². The molecule has 1 aliphatic rings. The molecule has 1 aromatic rings. The fourth-order valence-corrected chi connectivity index (χ4v) is 2.74. The average molecular weight is 269 g/mol. The standard InChI is InChI=1S/C14H21ClN2O/c1-10(16)11-5-6-17(8-11)9-12-7-13(15)3-4-14(12)18-2/h3-4,7,10-11H,5-6,8-9,16H2,1-2H3. The Morgan fingerprint density at radius 2 is 2.33 bits per heavy atom. The van der Waals surface area contributed by atoms with Crippen molar-refractivity contribution in [3.8, 4) is 5.75 Å². The fourth-order valence-electron chi connectivity index (χ4n) is 2.55. The van der Waals surface area contributed by atoms with Crippen LogP contribution in [0.2, 0.25) is 5.02 Å². The zero-order valence-corrected chi connectivity index (χ0v) is 11.8. The van der Waals surface area contributed by atoms with Crippen LogP contribution in [0, 0.1) is 5.92 Å². The lowest BCUT2D eigenvalue weighted by molar-refractivity contribution is 0.301. The average Bonchev–Trinajstić information content (AvgIpc) is 2.78. The largest absolute Gasteiger partial charge is 0.496 e. The zero-order chi connectivity index (χ0) is 13.1. The van der Waals surface area contributed by atoms with Gasteiger partial charge in [-0.3, -0.25) is 4.90 Å². The molecule has 0 amide bonds. The number of likely N-dealkylation sites (tertiary alicyclic amines) is 1. The summed E-state index contributed by atoms with van der Waals surface area (Å²) in [6.07, 6.45) is 1.18. The van der Waals surface area contributed by atoms with Gasteiger partial charge in [0.05, 0.1) is 7.11 Å². The van der Waals surface area contributed by atoms with Gasteiger partial charge in [0.15, 0.2) is 0 Å². The quantitative estimate of drug-likeness (QED) is 0.912. The molecule has 2 N–H and O–H groups in total. The summed E-state index contributed by atoms with van der Waals surface area (Å²) in [6.45, 7) is 5.14. The predicted molar refractivity (Wildman–Crippen MR) is 75.0 cm³/mol. The molecule has 1 aliphatic heterocycles. The highest BCUT2D eigenvalue weighted by Gasteiger charge is 2.25. The third-order valence-electron chi connectivity index (χ3n) is 3.69. The van der Waals surface area contributed by atoms with Gasteiger partial charge in [0.2, 0.25) is 0 Å². The van der Waals surface area contributed by atoms with Gasteiger partial charge in [-0.1, -0.05) is 11.6 Å². The van der Waals surface area contributed by atoms with E-state index in [9.17, 15) is 0 Å². The van der Waals surface area contributed by atoms with E-state index < -0.39 is 0 Å². The van der Waals surface area contributed by atoms with Crippen LogP contribution in [-0.2, 0) is 6.54 Å². The first-order valence-electron chi connectivity index (χ1n) is 6.40. The van der Waals surface area contributed by atoms with Crippen molar-refractivity contribution in [1.82, 2.24) is 4.90 Å². The molecule has 1 saturated heterocycles. The van der Waals surface area contributed by atoms with Gasteiger partial charge in [0, 0.05) is 29.7 Å². The van der Waals surface area contributed by atoms with E-state index in [4.69, 9.17) is 22.1 Å². The summed E-state index contributed by atoms with van der Waals surface area (Å²) in [5.74, 6) is 1.51. The molecule has 4 heteroatoms. The lowest BCUT2D eigenvalue weighted by atomic mass is 10.0. The third-order valence-corrected chi connectivity index (χ3v) is 3.92. The Bertz CT molecular complexity index is 409. The summed E-state index contributed by atoms with van der Waals surface area (Å²) in [5, 5.41) is 0.758. The normalized spacial score (nSPS) is 22.1. The van der Waals surface area contributed by atoms with E-state index in [1.807, 2.05) is 18.2 Å². The van der Waals surface area contributed by atoms with Crippen LogP contribution in [0.5, 0.6) is 5.75 Å². The second-order valence-electron chi connectivity index (χ2n) is 5.10. The van der Waals surface area contributed by atoms with Gasteiger partial charge in [-0.25, -0.2) is 0 Å². The highest BCUT2D eigenvalue weighted by molar-refractivity contribution is 6.30. The number of nitrogens with zero attached hydrogens (tertiary/aromatic N) is 1. The van der Waals surface area contributed by atoms with Crippen LogP contribution in [0.4, 0.5) is 0 Å². The van der Waals surface area contributed by atoms with E-state index in [1.54, 1.807) is 7.11 Å². The Kier molecular flexibility index (Phi) is 4.49. The van der Waals surface area contributed by atoms with Crippen molar-refractivity contribution in [2.75, 3.05) is 20.2 Å². The van der Waals surface area contributed by atoms with Gasteiger partial charge in [0.1, 0.15) is 5.75 Å². The predicted octanol–water partition coefficient (Wildman–Crippen LogP) is 2.52. The highest BCUT2D eigenvalue weighted by atomic mass is 35.5. The first-order valence-corrected chi connectivity index (χ1v) is 6.78. The molecule has 18 heavy (non-hydrogen) atoms. The lowest BCUT2D eigenvalue weighted by Crippen LogP contribution is -2.29. The van der Waals surface area contributed by atoms with Gasteiger partial charge in [-0.2, -0.15) is 0 Å². The van der Waals surface area contributed by atoms with Crippen LogP contribution >= 0.6 is 11.6 Å². The highest BCUT2D eigenvalue weighted by Crippen LogP contribution is 2.27. The topological polar surface area (TPSA) is 38.5 Å². The zero-order valence-electron chi connectivity index (χ0n) is 11.0. The summed E-state index contributed by atoms with van der Waals surface area (Å²) in [6, 6.07) is 6.05. The number of benzene rings is 1. The van der Waals surface area contributed by atoms with E-state index in [0.29, 0.717) is 5.92 Å². The molecule has 100 valence electrons. The molecule has 1 heterocycles. The van der Waals surface area contributed by atoms with E-state index in [1.165, 1.54) is 6.42 Å². The molecule has 0 aromatic heterocycles. The number of halogens is 1. The number of ether oxygens (including phenoxy) is 1. The van der Waals surface area contributed by atoms with Crippen molar-refractivity contribution in [2.45, 2.75) is 25.9 Å². The molecule has 2 unspecified atom stereocenters. The number of nitrogens with two attached hydrogens (primary N) is 1. The molecule has 0 saturated carbocycles. The summed E-state index contributed by atoms with van der Waals surface area (Å²) in [7, 11) is 1.70. The number of hydrogen-bond donors (Lipinski definition) is 1. The SMILES string of the molecule is COc1ccc(Cl)cc1CN1CCC(C(C)N)C1. The Morgan fingerprint density at radius 1 is 1.56 bits per heavy atom. The van der Waals surface area contributed by atoms with Crippen LogP contribution in [0.15, 0.2) is 18.2 Å². The summed E-state index contributed by atoms with van der Waals surface area (Å²) < 4.78 is 5.37. The Labute approximate surface area is 114 Å². The van der Waals surface area contributed by atoms with Gasteiger partial charge in [-0.15, -0.1) is 0 Å². The molecular weight excluding hydrogens is 248 g/mol. The van der Waals surface area contributed by atoms with Crippen molar-refractivity contribution in [3.63, 3.8) is 0 Å². The van der Waals surface area contributed by atoms with Gasteiger partial charge < -0.3 is 10.5 Å². The van der Waals surface area contributed by atoms with Crippen LogP contribution in [0.25, 0.3) is 0 Å². The van der Waals surface area contributed by atoms with E-state index in [-0.39, 0.29) is 6.04 Å². The minimum atomic E-state index is 0.274. The van der Waals surface area contributed by atoms with Crippen molar-refractivity contribution in [2.24, 2.45) is 11.7 Å². The van der Waals surface area contributed by atoms with Crippen LogP contribution < -0.4 is 10.5 Å². The number of methoxy groups -OCH3 is 1. The Hall–Kier alpha value is -0.770. The summed E-state index contributed by atoms with van der Waals surface area (Å²) in [5.41, 5.74) is 7.11. The van der Waals surface area contributed by atoms with E-state index in [0.717, 1.165) is 36.0 Å². The van der Waals surface area contributed by atoms with E-state index >= 15 is 0 Å². The molecule has 1 aromatic carbocycles. The maximum Gasteiger partial charge on any atom is 0.123 e. The van der Waals surface area contributed by atoms with Crippen LogP contribution in [-0.4, -0.2) is 31.1 Å². The van der Waals surface area contributed by atoms with Crippen LogP contribution in [0.3, 0.4) is 0 Å². The smallest absolute Gasteiger partial charge is 0.123 e. The first-order chi connectivity index (χ1) is 8.60. The lowest BCUT2D eigenvalue weighted by Gasteiger charge is -2.19. The second-order valence-corrected chi connectivity index (χ2v) is 5.54.